The summed E-state index contributed by atoms with van der Waals surface area (Å²) < 4.78 is 19.5. The molecular formula is C35H44O4Si2. The zero-order valence-electron chi connectivity index (χ0n) is 25.9. The minimum atomic E-state index is -2.55. The van der Waals surface area contributed by atoms with Crippen molar-refractivity contribution in [3.63, 3.8) is 0 Å². The quantitative estimate of drug-likeness (QED) is 0.189. The van der Waals surface area contributed by atoms with Gasteiger partial charge in [0.15, 0.2) is 0 Å². The predicted octanol–water partition coefficient (Wildman–Crippen LogP) is 9.23. The summed E-state index contributed by atoms with van der Waals surface area (Å²) >= 11 is 0. The van der Waals surface area contributed by atoms with E-state index in [1.54, 1.807) is 12.1 Å². The monoisotopic (exact) mass is 584 g/mol. The summed E-state index contributed by atoms with van der Waals surface area (Å²) in [5, 5.41) is 9.66. The Morgan fingerprint density at radius 3 is 1.12 bits per heavy atom. The van der Waals surface area contributed by atoms with Crippen LogP contribution in [0.15, 0.2) is 97.1 Å². The molecule has 0 radical (unpaired) electrons. The Balaban J connectivity index is 1.40. The zero-order valence-corrected chi connectivity index (χ0v) is 27.9. The van der Waals surface area contributed by atoms with Crippen LogP contribution in [0.4, 0.5) is 0 Å². The third-order valence-electron chi connectivity index (χ3n) is 7.73. The van der Waals surface area contributed by atoms with Gasteiger partial charge in [-0.15, -0.1) is 0 Å². The third-order valence-corrected chi connectivity index (χ3v) is 13.1. The molecule has 0 heterocycles. The van der Waals surface area contributed by atoms with Gasteiger partial charge in [-0.05, 0) is 91.8 Å². The van der Waals surface area contributed by atoms with E-state index in [1.165, 1.54) is 22.3 Å². The fourth-order valence-electron chi connectivity index (χ4n) is 5.26. The minimum absolute atomic E-state index is 0.104. The fourth-order valence-corrected chi connectivity index (χ4v) is 11.7. The van der Waals surface area contributed by atoms with Crippen LogP contribution in [0, 0.1) is 6.92 Å². The van der Waals surface area contributed by atoms with Gasteiger partial charge in [0.25, 0.3) is 0 Å². The number of hydrogen-bond donors (Lipinski definition) is 1. The average Bonchev–Trinajstić information content (AvgIpc) is 2.88. The smallest absolute Gasteiger partial charge is 0.384 e. The van der Waals surface area contributed by atoms with Crippen LogP contribution in [0.25, 0.3) is 0 Å². The summed E-state index contributed by atoms with van der Waals surface area (Å²) in [6.07, 6.45) is 0. The van der Waals surface area contributed by atoms with Crippen LogP contribution in [0.5, 0.6) is 17.2 Å². The summed E-state index contributed by atoms with van der Waals surface area (Å²) in [4.78, 5) is 0. The first-order chi connectivity index (χ1) is 19.1. The summed E-state index contributed by atoms with van der Waals surface area (Å²) in [6.45, 7) is 19.2. The Morgan fingerprint density at radius 1 is 0.488 bits per heavy atom. The summed E-state index contributed by atoms with van der Waals surface area (Å²) in [5.74, 6) is 1.88. The molecule has 4 aromatic rings. The van der Waals surface area contributed by atoms with Gasteiger partial charge in [-0.1, -0.05) is 93.9 Å². The van der Waals surface area contributed by atoms with Crippen molar-refractivity contribution < 1.29 is 18.1 Å². The second-order valence-electron chi connectivity index (χ2n) is 12.8. The molecule has 0 amide bonds. The van der Waals surface area contributed by atoms with E-state index in [2.05, 4.69) is 109 Å². The van der Waals surface area contributed by atoms with E-state index in [9.17, 15) is 5.11 Å². The number of phenols is 1. The number of rotatable bonds is 10. The Kier molecular flexibility index (Phi) is 8.60. The lowest BCUT2D eigenvalue weighted by Crippen LogP contribution is -2.52. The summed E-state index contributed by atoms with van der Waals surface area (Å²) in [7, 11) is -5.09. The van der Waals surface area contributed by atoms with E-state index in [1.807, 2.05) is 36.4 Å². The second-order valence-corrected chi connectivity index (χ2v) is 19.6. The van der Waals surface area contributed by atoms with Gasteiger partial charge in [-0.25, -0.2) is 0 Å². The molecule has 0 fully saturated rings. The molecule has 4 aromatic carbocycles. The van der Waals surface area contributed by atoms with Crippen LogP contribution < -0.4 is 8.85 Å². The lowest BCUT2D eigenvalue weighted by molar-refractivity contribution is 0.334. The van der Waals surface area contributed by atoms with Crippen molar-refractivity contribution in [2.75, 3.05) is 0 Å². The lowest BCUT2D eigenvalue weighted by atomic mass is 9.78. The molecule has 0 saturated heterocycles. The molecular weight excluding hydrogens is 541 g/mol. The highest BCUT2D eigenvalue weighted by molar-refractivity contribution is 6.79. The topological polar surface area (TPSA) is 47.9 Å². The normalized spacial score (nSPS) is 12.7. The second kappa shape index (κ2) is 11.5. The number of aromatic hydroxyl groups is 1. The van der Waals surface area contributed by atoms with Crippen LogP contribution in [0.3, 0.4) is 0 Å². The van der Waals surface area contributed by atoms with Gasteiger partial charge in [0.05, 0.1) is 0 Å². The van der Waals surface area contributed by atoms with Crippen LogP contribution >= 0.6 is 0 Å². The highest BCUT2D eigenvalue weighted by atomic mass is 28.5. The molecule has 6 heteroatoms. The third kappa shape index (κ3) is 7.50. The molecule has 4 rings (SSSR count). The molecule has 0 atom stereocenters. The van der Waals surface area contributed by atoms with Gasteiger partial charge in [-0.3, -0.25) is 0 Å². The largest absolute Gasteiger partial charge is 0.521 e. The molecule has 0 aromatic heterocycles. The van der Waals surface area contributed by atoms with Crippen molar-refractivity contribution in [2.45, 2.75) is 71.6 Å². The number of benzene rings is 4. The Bertz CT molecular complexity index is 1330. The van der Waals surface area contributed by atoms with E-state index in [4.69, 9.17) is 13.0 Å². The van der Waals surface area contributed by atoms with E-state index in [0.29, 0.717) is 0 Å². The number of aryl methyl sites for hydroxylation is 1. The molecule has 0 spiro atoms. The van der Waals surface area contributed by atoms with E-state index in [-0.39, 0.29) is 16.6 Å². The first kappa shape index (κ1) is 30.6. The van der Waals surface area contributed by atoms with Gasteiger partial charge in [-0.2, -0.15) is 0 Å². The van der Waals surface area contributed by atoms with Crippen molar-refractivity contribution in [1.29, 1.82) is 0 Å². The Labute approximate surface area is 248 Å². The van der Waals surface area contributed by atoms with Crippen LogP contribution in [0.1, 0.15) is 55.5 Å². The van der Waals surface area contributed by atoms with E-state index >= 15 is 0 Å². The molecule has 4 nitrogen and oxygen atoms in total. The number of phenolic OH excluding ortho intramolecular Hbond substituents is 1. The van der Waals surface area contributed by atoms with Gasteiger partial charge in [0.2, 0.25) is 0 Å². The molecule has 0 unspecified atom stereocenters. The maximum absolute atomic E-state index is 9.66. The molecule has 0 bridgehead atoms. The molecule has 1 N–H and O–H groups in total. The number of hydrogen-bond acceptors (Lipinski definition) is 4. The zero-order chi connectivity index (χ0) is 30.1. The van der Waals surface area contributed by atoms with Gasteiger partial charge < -0.3 is 18.1 Å². The first-order valence-corrected chi connectivity index (χ1v) is 19.9. The molecule has 216 valence electrons. The van der Waals surface area contributed by atoms with Gasteiger partial charge in [0.1, 0.15) is 17.2 Å². The van der Waals surface area contributed by atoms with Crippen molar-refractivity contribution in [3.8, 4) is 17.2 Å². The highest BCUT2D eigenvalue weighted by Gasteiger charge is 2.39. The van der Waals surface area contributed by atoms with Crippen LogP contribution in [-0.4, -0.2) is 22.2 Å². The first-order valence-electron chi connectivity index (χ1n) is 14.2. The fraction of sp³-hybridized carbons (Fsp3) is 0.314. The SMILES string of the molecule is Cc1ccc(C(C)(C)c2ccc(O[Si](C)(C)O[Si](C)(C)Oc3ccc(C(C)(C)c4ccc(O)cc4)cc3)cc2)cc1. The minimum Gasteiger partial charge on any atom is -0.521 e. The van der Waals surface area contributed by atoms with Crippen LogP contribution in [-0.2, 0) is 14.9 Å². The van der Waals surface area contributed by atoms with Crippen molar-refractivity contribution in [2.24, 2.45) is 0 Å². The average molecular weight is 585 g/mol. The predicted molar refractivity (Wildman–Crippen MR) is 174 cm³/mol. The summed E-state index contributed by atoms with van der Waals surface area (Å²) in [6, 6.07) is 32.8. The van der Waals surface area contributed by atoms with Gasteiger partial charge >= 0.3 is 17.1 Å². The molecule has 0 aliphatic rings. The lowest BCUT2D eigenvalue weighted by Gasteiger charge is -2.33. The Morgan fingerprint density at radius 2 is 0.780 bits per heavy atom. The van der Waals surface area contributed by atoms with Crippen molar-refractivity contribution >= 4 is 17.1 Å². The molecule has 0 aliphatic carbocycles. The van der Waals surface area contributed by atoms with E-state index < -0.39 is 17.1 Å². The van der Waals surface area contributed by atoms with E-state index in [0.717, 1.165) is 17.1 Å². The molecule has 0 saturated carbocycles. The molecule has 41 heavy (non-hydrogen) atoms. The van der Waals surface area contributed by atoms with Crippen molar-refractivity contribution in [3.05, 3.63) is 125 Å². The van der Waals surface area contributed by atoms with Crippen molar-refractivity contribution in [1.82, 2.24) is 0 Å². The Hall–Kier alpha value is -3.33. The molecule has 0 aliphatic heterocycles. The van der Waals surface area contributed by atoms with Gasteiger partial charge in [0, 0.05) is 10.8 Å². The maximum atomic E-state index is 9.66. The van der Waals surface area contributed by atoms with Crippen LogP contribution in [0.2, 0.25) is 26.2 Å². The highest BCUT2D eigenvalue weighted by Crippen LogP contribution is 2.35. The summed E-state index contributed by atoms with van der Waals surface area (Å²) in [5.41, 5.74) is 5.79. The maximum Gasteiger partial charge on any atom is 0.384 e. The standard InChI is InChI=1S/C35H44O4Si2/c1-26-10-12-27(13-11-26)34(2,3)29-16-22-32(23-17-29)37-40(6,7)39-41(8,9)38-33-24-18-30(19-25-33)35(4,5)28-14-20-31(36)21-15-28/h10-25,36H,1-9H3.